The topological polar surface area (TPSA) is 89.9 Å². The Balaban J connectivity index is 0.00000289. The molecule has 1 aromatic carbocycles. The summed E-state index contributed by atoms with van der Waals surface area (Å²) in [7, 11) is -0.915. The van der Waals surface area contributed by atoms with Crippen molar-refractivity contribution in [1.29, 1.82) is 0 Å². The first-order chi connectivity index (χ1) is 7.83. The van der Waals surface area contributed by atoms with E-state index in [1.165, 1.54) is 38.4 Å². The molecule has 0 spiro atoms. The molecule has 0 aliphatic rings. The number of nitrogens with zero attached hydrogens (tertiary/aromatic N) is 2. The van der Waals surface area contributed by atoms with Gasteiger partial charge in [-0.15, -0.1) is 0 Å². The second kappa shape index (κ2) is 7.01. The van der Waals surface area contributed by atoms with Crippen LogP contribution in [0.2, 0.25) is 0 Å². The maximum Gasteiger partial charge on any atom is 1.00 e. The maximum absolute atomic E-state index is 11.3. The van der Waals surface area contributed by atoms with Crippen LogP contribution in [0.25, 0.3) is 0 Å². The van der Waals surface area contributed by atoms with Crippen molar-refractivity contribution in [3.05, 3.63) is 35.4 Å². The van der Waals surface area contributed by atoms with E-state index in [1.807, 2.05) is 0 Å². The molecule has 0 atom stereocenters. The zero-order valence-corrected chi connectivity index (χ0v) is 13.1. The third-order valence-corrected chi connectivity index (χ3v) is 3.24. The van der Waals surface area contributed by atoms with Crippen molar-refractivity contribution < 1.29 is 47.9 Å². The standard InChI is InChI=1S/C10H12N2O4S.Na/c1-12(2)17(15,16)11-7-8-3-5-9(6-4-8)10(13)14;/h3-7H,1-2H3,(H,13,14);/q;+1/p-1. The number of carbonyl (C=O) groups excluding carboxylic acids is 1. The van der Waals surface area contributed by atoms with E-state index >= 15 is 0 Å². The number of hydrogen-bond acceptors (Lipinski definition) is 4. The van der Waals surface area contributed by atoms with Crippen molar-refractivity contribution in [2.75, 3.05) is 14.1 Å². The van der Waals surface area contributed by atoms with Gasteiger partial charge in [0, 0.05) is 20.3 Å². The van der Waals surface area contributed by atoms with E-state index in [0.717, 1.165) is 10.5 Å². The number of hydrogen-bond donors (Lipinski definition) is 0. The molecule has 0 aliphatic carbocycles. The van der Waals surface area contributed by atoms with Gasteiger partial charge in [0.15, 0.2) is 0 Å². The molecule has 0 unspecified atom stereocenters. The summed E-state index contributed by atoms with van der Waals surface area (Å²) in [5.74, 6) is -1.28. The summed E-state index contributed by atoms with van der Waals surface area (Å²) in [6, 6.07) is 5.53. The van der Waals surface area contributed by atoms with E-state index in [2.05, 4.69) is 4.40 Å². The second-order valence-corrected chi connectivity index (χ2v) is 5.24. The van der Waals surface area contributed by atoms with E-state index in [9.17, 15) is 18.3 Å². The van der Waals surface area contributed by atoms with Gasteiger partial charge in [-0.2, -0.15) is 17.1 Å². The summed E-state index contributed by atoms with van der Waals surface area (Å²) < 4.78 is 27.0. The number of aromatic carboxylic acids is 1. The maximum atomic E-state index is 11.3. The average molecular weight is 278 g/mol. The average Bonchev–Trinajstić information content (AvgIpc) is 2.27. The number of carboxylic acids is 1. The molecule has 8 heteroatoms. The number of rotatable bonds is 4. The first kappa shape index (κ1) is 17.3. The third kappa shape index (κ3) is 4.87. The molecule has 0 saturated heterocycles. The predicted octanol–water partition coefficient (Wildman–Crippen LogP) is -3.72. The minimum atomic E-state index is -3.65. The summed E-state index contributed by atoms with van der Waals surface area (Å²) >= 11 is 0. The quantitative estimate of drug-likeness (QED) is 0.418. The van der Waals surface area contributed by atoms with Crippen LogP contribution in [0.1, 0.15) is 15.9 Å². The molecule has 6 nitrogen and oxygen atoms in total. The van der Waals surface area contributed by atoms with Gasteiger partial charge in [0.1, 0.15) is 0 Å². The fourth-order valence-corrected chi connectivity index (χ4v) is 1.37. The minimum absolute atomic E-state index is 0. The van der Waals surface area contributed by atoms with Gasteiger partial charge in [0.2, 0.25) is 0 Å². The van der Waals surface area contributed by atoms with Crippen molar-refractivity contribution in [2.45, 2.75) is 0 Å². The molecule has 18 heavy (non-hydrogen) atoms. The fraction of sp³-hybridized carbons (Fsp3) is 0.200. The second-order valence-electron chi connectivity index (χ2n) is 3.40. The van der Waals surface area contributed by atoms with Crippen LogP contribution in [0.4, 0.5) is 0 Å². The first-order valence-corrected chi connectivity index (χ1v) is 6.02. The molecule has 0 aromatic heterocycles. The van der Waals surface area contributed by atoms with Gasteiger partial charge >= 0.3 is 39.8 Å². The van der Waals surface area contributed by atoms with E-state index in [-0.39, 0.29) is 35.1 Å². The van der Waals surface area contributed by atoms with Crippen LogP contribution in [0.3, 0.4) is 0 Å². The zero-order valence-electron chi connectivity index (χ0n) is 10.3. The van der Waals surface area contributed by atoms with Gasteiger partial charge in [-0.3, -0.25) is 0 Å². The molecule has 0 aliphatic heterocycles. The van der Waals surface area contributed by atoms with Crippen LogP contribution in [0, 0.1) is 0 Å². The molecular weight excluding hydrogens is 267 g/mol. The summed E-state index contributed by atoms with van der Waals surface area (Å²) in [6.07, 6.45) is 1.15. The van der Waals surface area contributed by atoms with E-state index in [4.69, 9.17) is 0 Å². The van der Waals surface area contributed by atoms with Crippen LogP contribution < -0.4 is 34.7 Å². The monoisotopic (exact) mass is 278 g/mol. The molecule has 0 radical (unpaired) electrons. The largest absolute Gasteiger partial charge is 1.00 e. The van der Waals surface area contributed by atoms with Crippen LogP contribution in [0.15, 0.2) is 28.7 Å². The van der Waals surface area contributed by atoms with E-state index in [1.54, 1.807) is 0 Å². The minimum Gasteiger partial charge on any atom is -0.545 e. The summed E-state index contributed by atoms with van der Waals surface area (Å²) in [6.45, 7) is 0. The van der Waals surface area contributed by atoms with Crippen molar-refractivity contribution in [3.8, 4) is 0 Å². The smallest absolute Gasteiger partial charge is 0.545 e. The number of benzene rings is 1. The normalized spacial score (nSPS) is 11.5. The molecule has 1 aromatic rings. The van der Waals surface area contributed by atoms with Gasteiger partial charge in [-0.1, -0.05) is 24.3 Å². The molecule has 0 heterocycles. The van der Waals surface area contributed by atoms with Gasteiger partial charge < -0.3 is 9.90 Å². The fourth-order valence-electron chi connectivity index (χ4n) is 0.927. The molecule has 1 rings (SSSR count). The number of carboxylic acid groups (broad SMARTS) is 1. The molecule has 0 fully saturated rings. The Labute approximate surface area is 128 Å². The molecule has 0 amide bonds. The Bertz CT molecular complexity index is 538. The first-order valence-electron chi connectivity index (χ1n) is 4.62. The van der Waals surface area contributed by atoms with Crippen LogP contribution in [-0.2, 0) is 10.2 Å². The molecular formula is C10H11N2NaO4S. The Hall–Kier alpha value is -0.730. The molecule has 92 valence electrons. The molecule has 0 N–H and O–H groups in total. The Morgan fingerprint density at radius 3 is 2.17 bits per heavy atom. The van der Waals surface area contributed by atoms with Gasteiger partial charge in [0.25, 0.3) is 0 Å². The summed E-state index contributed by atoms with van der Waals surface area (Å²) in [5.41, 5.74) is 0.512. The predicted molar refractivity (Wildman–Crippen MR) is 61.0 cm³/mol. The Morgan fingerprint density at radius 1 is 1.28 bits per heavy atom. The van der Waals surface area contributed by atoms with Gasteiger partial charge in [-0.25, -0.2) is 0 Å². The Kier molecular flexibility index (Phi) is 6.72. The summed E-state index contributed by atoms with van der Waals surface area (Å²) in [5, 5.41) is 10.5. The van der Waals surface area contributed by atoms with Gasteiger partial charge in [0.05, 0.1) is 5.97 Å². The van der Waals surface area contributed by atoms with Crippen LogP contribution in [-0.4, -0.2) is 39.0 Å². The van der Waals surface area contributed by atoms with Crippen molar-refractivity contribution in [1.82, 2.24) is 4.31 Å². The number of carbonyl (C=O) groups is 1. The SMILES string of the molecule is CN(C)S(=O)(=O)N=Cc1ccc(C(=O)[O-])cc1.[Na+]. The van der Waals surface area contributed by atoms with Crippen LogP contribution >= 0.6 is 0 Å². The van der Waals surface area contributed by atoms with Gasteiger partial charge in [-0.05, 0) is 11.1 Å². The zero-order chi connectivity index (χ0) is 13.1. The Morgan fingerprint density at radius 2 is 1.78 bits per heavy atom. The van der Waals surface area contributed by atoms with Crippen molar-refractivity contribution >= 4 is 22.4 Å². The van der Waals surface area contributed by atoms with Crippen molar-refractivity contribution in [3.63, 3.8) is 0 Å². The third-order valence-electron chi connectivity index (χ3n) is 1.94. The molecule has 0 saturated carbocycles. The van der Waals surface area contributed by atoms with Crippen LogP contribution in [0.5, 0.6) is 0 Å². The molecule has 0 bridgehead atoms. The summed E-state index contributed by atoms with van der Waals surface area (Å²) in [4.78, 5) is 10.5. The van der Waals surface area contributed by atoms with E-state index in [0.29, 0.717) is 5.56 Å². The van der Waals surface area contributed by atoms with E-state index < -0.39 is 16.2 Å². The van der Waals surface area contributed by atoms with Crippen molar-refractivity contribution in [2.24, 2.45) is 4.40 Å².